The van der Waals surface area contributed by atoms with Crippen molar-refractivity contribution in [2.75, 3.05) is 0 Å². The fourth-order valence-corrected chi connectivity index (χ4v) is 5.85. The largest absolute Gasteiger partial charge is 0.454 e. The first-order valence-electron chi connectivity index (χ1n) is 13.8. The molecule has 1 fully saturated rings. The Labute approximate surface area is 220 Å². The van der Waals surface area contributed by atoms with Crippen LogP contribution in [0, 0.1) is 0 Å². The zero-order valence-corrected chi connectivity index (χ0v) is 21.8. The van der Waals surface area contributed by atoms with Crippen LogP contribution in [0.4, 0.5) is 0 Å². The third kappa shape index (κ3) is 5.34. The molecule has 0 N–H and O–H groups in total. The molecule has 3 aromatic rings. The summed E-state index contributed by atoms with van der Waals surface area (Å²) in [6, 6.07) is 23.6. The summed E-state index contributed by atoms with van der Waals surface area (Å²) in [6.07, 6.45) is 6.36. The zero-order valence-electron chi connectivity index (χ0n) is 21.8. The van der Waals surface area contributed by atoms with Gasteiger partial charge in [-0.3, -0.25) is 0 Å². The van der Waals surface area contributed by atoms with E-state index in [0.29, 0.717) is 11.1 Å². The summed E-state index contributed by atoms with van der Waals surface area (Å²) in [5, 5.41) is 0. The lowest BCUT2D eigenvalue weighted by atomic mass is 9.87. The van der Waals surface area contributed by atoms with Crippen LogP contribution in [0.3, 0.4) is 0 Å². The summed E-state index contributed by atoms with van der Waals surface area (Å²) in [6.45, 7) is 4.34. The molecule has 0 spiro atoms. The number of fused-ring (bicyclic) bond motifs is 5. The Balaban J connectivity index is 1.33. The highest BCUT2D eigenvalue weighted by Gasteiger charge is 2.55. The zero-order chi connectivity index (χ0) is 25.8. The summed E-state index contributed by atoms with van der Waals surface area (Å²) < 4.78 is 12.2. The van der Waals surface area contributed by atoms with Crippen LogP contribution >= 0.6 is 0 Å². The van der Waals surface area contributed by atoms with Gasteiger partial charge >= 0.3 is 11.9 Å². The number of esters is 2. The van der Waals surface area contributed by atoms with Crippen molar-refractivity contribution >= 4 is 11.9 Å². The first-order chi connectivity index (χ1) is 18.1. The van der Waals surface area contributed by atoms with E-state index in [1.54, 1.807) is 0 Å². The molecule has 0 saturated heterocycles. The number of rotatable bonds is 10. The van der Waals surface area contributed by atoms with Gasteiger partial charge in [0.25, 0.3) is 0 Å². The van der Waals surface area contributed by atoms with E-state index in [1.165, 1.54) is 22.3 Å². The predicted octanol–water partition coefficient (Wildman–Crippen LogP) is 7.41. The van der Waals surface area contributed by atoms with Crippen molar-refractivity contribution in [2.24, 2.45) is 0 Å². The minimum Gasteiger partial charge on any atom is -0.454 e. The van der Waals surface area contributed by atoms with Crippen molar-refractivity contribution in [1.82, 2.24) is 0 Å². The van der Waals surface area contributed by atoms with Crippen molar-refractivity contribution in [3.8, 4) is 0 Å². The molecule has 4 atom stereocenters. The van der Waals surface area contributed by atoms with Crippen molar-refractivity contribution in [3.05, 3.63) is 106 Å². The van der Waals surface area contributed by atoms with Gasteiger partial charge < -0.3 is 9.47 Å². The minimum atomic E-state index is -0.500. The van der Waals surface area contributed by atoms with Crippen molar-refractivity contribution in [1.29, 1.82) is 0 Å². The van der Waals surface area contributed by atoms with Crippen LogP contribution in [0.15, 0.2) is 72.8 Å². The fourth-order valence-electron chi connectivity index (χ4n) is 5.85. The van der Waals surface area contributed by atoms with E-state index >= 15 is 0 Å². The molecular formula is C33H36O4. The highest BCUT2D eigenvalue weighted by molar-refractivity contribution is 5.90. The number of unbranched alkanes of at least 4 members (excludes halogenated alkanes) is 2. The molecule has 0 unspecified atom stereocenters. The van der Waals surface area contributed by atoms with E-state index in [-0.39, 0.29) is 23.8 Å². The van der Waals surface area contributed by atoms with Gasteiger partial charge in [0.1, 0.15) is 12.2 Å². The number of hydrogen-bond acceptors (Lipinski definition) is 4. The van der Waals surface area contributed by atoms with Crippen LogP contribution in [-0.2, 0) is 22.3 Å². The molecule has 2 bridgehead atoms. The van der Waals surface area contributed by atoms with Gasteiger partial charge in [-0.05, 0) is 78.6 Å². The summed E-state index contributed by atoms with van der Waals surface area (Å²) >= 11 is 0. The number of benzene rings is 3. The van der Waals surface area contributed by atoms with Crippen LogP contribution in [-0.4, -0.2) is 24.1 Å². The van der Waals surface area contributed by atoms with Gasteiger partial charge in [0.2, 0.25) is 0 Å². The number of hydrogen-bond donors (Lipinski definition) is 0. The van der Waals surface area contributed by atoms with Gasteiger partial charge in [-0.1, -0.05) is 75.2 Å². The van der Waals surface area contributed by atoms with Crippen LogP contribution in [0.1, 0.15) is 101 Å². The third-order valence-electron chi connectivity index (χ3n) is 7.92. The standard InChI is InChI=1S/C33H36O4/c1-3-5-9-22-13-17-24(18-14-22)32(34)36-30-28-21-29(27-12-8-7-11-26(27)28)31(30)37-33(35)25-19-15-23(16-20-25)10-6-4-2/h7-8,11-20,28-31H,3-6,9-10,21H2,1-2H3/t28-,29+,30-,31+. The Kier molecular flexibility index (Phi) is 7.73. The molecule has 192 valence electrons. The van der Waals surface area contributed by atoms with Crippen LogP contribution in [0.25, 0.3) is 0 Å². The number of aryl methyl sites for hydroxylation is 2. The normalized spacial score (nSPS) is 21.5. The Morgan fingerprint density at radius 1 is 0.649 bits per heavy atom. The third-order valence-corrected chi connectivity index (χ3v) is 7.92. The molecule has 0 aliphatic heterocycles. The molecule has 0 aromatic heterocycles. The number of ether oxygens (including phenoxy) is 2. The highest BCUT2D eigenvalue weighted by Crippen LogP contribution is 2.55. The quantitative estimate of drug-likeness (QED) is 0.274. The van der Waals surface area contributed by atoms with E-state index in [2.05, 4.69) is 26.0 Å². The Hall–Kier alpha value is -3.40. The van der Waals surface area contributed by atoms with Crippen LogP contribution in [0.5, 0.6) is 0 Å². The maximum atomic E-state index is 13.2. The van der Waals surface area contributed by atoms with Gasteiger partial charge in [0, 0.05) is 11.8 Å². The lowest BCUT2D eigenvalue weighted by Gasteiger charge is -2.32. The molecule has 2 aliphatic rings. The number of carbonyl (C=O) groups is 2. The van der Waals surface area contributed by atoms with Gasteiger partial charge in [0.15, 0.2) is 0 Å². The van der Waals surface area contributed by atoms with Gasteiger partial charge in [-0.2, -0.15) is 0 Å². The van der Waals surface area contributed by atoms with E-state index < -0.39 is 12.2 Å². The summed E-state index contributed by atoms with van der Waals surface area (Å²) in [4.78, 5) is 26.4. The van der Waals surface area contributed by atoms with Crippen LogP contribution < -0.4 is 0 Å². The Morgan fingerprint density at radius 2 is 1.05 bits per heavy atom. The maximum absolute atomic E-state index is 13.2. The second-order valence-electron chi connectivity index (χ2n) is 10.4. The molecule has 4 heteroatoms. The lowest BCUT2D eigenvalue weighted by molar-refractivity contribution is -0.0348. The van der Waals surface area contributed by atoms with Gasteiger partial charge in [-0.25, -0.2) is 9.59 Å². The van der Waals surface area contributed by atoms with E-state index in [0.717, 1.165) is 44.9 Å². The van der Waals surface area contributed by atoms with E-state index in [4.69, 9.17) is 9.47 Å². The van der Waals surface area contributed by atoms with Crippen molar-refractivity contribution < 1.29 is 19.1 Å². The first kappa shape index (κ1) is 25.3. The Bertz CT molecular complexity index is 1130. The average molecular weight is 497 g/mol. The smallest absolute Gasteiger partial charge is 0.338 e. The molecule has 0 heterocycles. The topological polar surface area (TPSA) is 52.6 Å². The van der Waals surface area contributed by atoms with Crippen molar-refractivity contribution in [3.63, 3.8) is 0 Å². The highest BCUT2D eigenvalue weighted by atomic mass is 16.6. The molecule has 2 aliphatic carbocycles. The first-order valence-corrected chi connectivity index (χ1v) is 13.8. The molecule has 0 radical (unpaired) electrons. The molecule has 3 aromatic carbocycles. The summed E-state index contributed by atoms with van der Waals surface area (Å²) in [7, 11) is 0. The van der Waals surface area contributed by atoms with Crippen LogP contribution in [0.2, 0.25) is 0 Å². The summed E-state index contributed by atoms with van der Waals surface area (Å²) in [5.41, 5.74) is 5.91. The predicted molar refractivity (Wildman–Crippen MR) is 145 cm³/mol. The Morgan fingerprint density at radius 3 is 1.43 bits per heavy atom. The van der Waals surface area contributed by atoms with Crippen molar-refractivity contribution in [2.45, 2.75) is 82.8 Å². The average Bonchev–Trinajstić information content (AvgIpc) is 3.48. The van der Waals surface area contributed by atoms with Gasteiger partial charge in [0.05, 0.1) is 11.1 Å². The summed E-state index contributed by atoms with van der Waals surface area (Å²) in [5.74, 6) is -0.664. The monoisotopic (exact) mass is 496 g/mol. The van der Waals surface area contributed by atoms with Gasteiger partial charge in [-0.15, -0.1) is 0 Å². The molecule has 1 saturated carbocycles. The number of carbonyl (C=O) groups excluding carboxylic acids is 2. The molecule has 4 nitrogen and oxygen atoms in total. The van der Waals surface area contributed by atoms with E-state index in [9.17, 15) is 9.59 Å². The SMILES string of the molecule is CCCCc1ccc(C(=O)O[C@@H]2[C@H](OC(=O)c3ccc(CCCC)cc3)[C@@H]3C[C@H]2c2ccccc23)cc1. The molecule has 0 amide bonds. The molecule has 5 rings (SSSR count). The second-order valence-corrected chi connectivity index (χ2v) is 10.4. The molecular weight excluding hydrogens is 460 g/mol. The second kappa shape index (κ2) is 11.3. The lowest BCUT2D eigenvalue weighted by Crippen LogP contribution is -2.39. The molecule has 37 heavy (non-hydrogen) atoms. The fraction of sp³-hybridized carbons (Fsp3) is 0.394. The maximum Gasteiger partial charge on any atom is 0.338 e. The van der Waals surface area contributed by atoms with E-state index in [1.807, 2.05) is 60.7 Å². The minimum absolute atomic E-state index is 0.0307.